The van der Waals surface area contributed by atoms with E-state index in [0.29, 0.717) is 36.2 Å². The summed E-state index contributed by atoms with van der Waals surface area (Å²) in [5.74, 6) is 0.544. The molecule has 0 fully saturated rings. The van der Waals surface area contributed by atoms with Gasteiger partial charge in [-0.3, -0.25) is 4.79 Å². The first kappa shape index (κ1) is 16.2. The zero-order valence-corrected chi connectivity index (χ0v) is 13.5. The lowest BCUT2D eigenvalue weighted by Crippen LogP contribution is -2.31. The summed E-state index contributed by atoms with van der Waals surface area (Å²) in [6.07, 6.45) is 1.40. The monoisotopic (exact) mass is 318 g/mol. The van der Waals surface area contributed by atoms with Gasteiger partial charge in [0.05, 0.1) is 0 Å². The lowest BCUT2D eigenvalue weighted by Gasteiger charge is -2.18. The molecule has 0 bridgehead atoms. The molecule has 1 N–H and O–H groups in total. The summed E-state index contributed by atoms with van der Waals surface area (Å²) >= 11 is 5.86. The Balaban J connectivity index is 2.05. The van der Waals surface area contributed by atoms with Crippen LogP contribution in [-0.4, -0.2) is 33.9 Å². The molecule has 5 nitrogen and oxygen atoms in total. The van der Waals surface area contributed by atoms with Gasteiger partial charge < -0.3 is 10.2 Å². The number of aromatic nitrogens is 2. The van der Waals surface area contributed by atoms with Gasteiger partial charge in [0.2, 0.25) is 0 Å². The minimum atomic E-state index is -0.0815. The van der Waals surface area contributed by atoms with Crippen molar-refractivity contribution in [3.8, 4) is 0 Å². The molecule has 1 aromatic carbocycles. The third kappa shape index (κ3) is 4.18. The third-order valence-electron chi connectivity index (χ3n) is 3.32. The molecule has 0 unspecified atom stereocenters. The molecule has 0 spiro atoms. The second-order valence-electron chi connectivity index (χ2n) is 4.75. The van der Waals surface area contributed by atoms with Gasteiger partial charge in [0.1, 0.15) is 17.8 Å². The molecule has 0 radical (unpaired) electrons. The fourth-order valence-corrected chi connectivity index (χ4v) is 2.16. The van der Waals surface area contributed by atoms with Gasteiger partial charge in [0.25, 0.3) is 5.91 Å². The number of benzene rings is 1. The van der Waals surface area contributed by atoms with E-state index in [4.69, 9.17) is 11.6 Å². The Morgan fingerprint density at radius 3 is 2.50 bits per heavy atom. The maximum absolute atomic E-state index is 12.3. The van der Waals surface area contributed by atoms with Gasteiger partial charge >= 0.3 is 0 Å². The zero-order chi connectivity index (χ0) is 15.9. The van der Waals surface area contributed by atoms with Crippen molar-refractivity contribution < 1.29 is 4.79 Å². The van der Waals surface area contributed by atoms with Crippen molar-refractivity contribution >= 4 is 23.3 Å². The summed E-state index contributed by atoms with van der Waals surface area (Å²) in [6.45, 7) is 5.82. The average molecular weight is 319 g/mol. The van der Waals surface area contributed by atoms with Crippen LogP contribution in [0.25, 0.3) is 0 Å². The molecule has 0 aliphatic carbocycles. The number of anilines is 1. The van der Waals surface area contributed by atoms with Crippen molar-refractivity contribution in [3.63, 3.8) is 0 Å². The normalized spacial score (nSPS) is 10.3. The lowest BCUT2D eigenvalue weighted by molar-refractivity contribution is 0.0767. The number of hydrogen-bond donors (Lipinski definition) is 1. The molecular formula is C16H19ClN4O. The van der Waals surface area contributed by atoms with E-state index in [-0.39, 0.29) is 5.91 Å². The predicted molar refractivity (Wildman–Crippen MR) is 88.1 cm³/mol. The van der Waals surface area contributed by atoms with Crippen LogP contribution in [0.1, 0.15) is 29.9 Å². The van der Waals surface area contributed by atoms with E-state index < -0.39 is 0 Å². The van der Waals surface area contributed by atoms with Crippen molar-refractivity contribution in [1.82, 2.24) is 14.9 Å². The van der Waals surface area contributed by atoms with Gasteiger partial charge in [-0.15, -0.1) is 0 Å². The summed E-state index contributed by atoms with van der Waals surface area (Å²) < 4.78 is 0. The molecule has 22 heavy (non-hydrogen) atoms. The second kappa shape index (κ2) is 7.75. The van der Waals surface area contributed by atoms with E-state index in [1.54, 1.807) is 11.0 Å². The van der Waals surface area contributed by atoms with Gasteiger partial charge in [-0.1, -0.05) is 23.7 Å². The minimum Gasteiger partial charge on any atom is -0.366 e. The Kier molecular flexibility index (Phi) is 5.72. The van der Waals surface area contributed by atoms with Gasteiger partial charge in [-0.05, 0) is 31.5 Å². The summed E-state index contributed by atoms with van der Waals surface area (Å²) in [4.78, 5) is 22.2. The van der Waals surface area contributed by atoms with E-state index in [1.165, 1.54) is 6.33 Å². The first-order valence-electron chi connectivity index (χ1n) is 7.23. The summed E-state index contributed by atoms with van der Waals surface area (Å²) in [7, 11) is 0. The Bertz CT molecular complexity index is 626. The first-order valence-corrected chi connectivity index (χ1v) is 7.61. The Morgan fingerprint density at radius 2 is 1.86 bits per heavy atom. The quantitative estimate of drug-likeness (QED) is 0.888. The van der Waals surface area contributed by atoms with Crippen molar-refractivity contribution in [2.75, 3.05) is 18.4 Å². The van der Waals surface area contributed by atoms with Crippen LogP contribution in [0, 0.1) is 0 Å². The van der Waals surface area contributed by atoms with Crippen molar-refractivity contribution in [2.45, 2.75) is 20.4 Å². The van der Waals surface area contributed by atoms with Gasteiger partial charge in [-0.2, -0.15) is 0 Å². The van der Waals surface area contributed by atoms with Crippen LogP contribution in [0.2, 0.25) is 5.02 Å². The molecule has 0 saturated carbocycles. The molecule has 116 valence electrons. The highest BCUT2D eigenvalue weighted by Gasteiger charge is 2.14. The zero-order valence-electron chi connectivity index (χ0n) is 12.7. The highest BCUT2D eigenvalue weighted by Crippen LogP contribution is 2.12. The number of hydrogen-bond acceptors (Lipinski definition) is 4. The summed E-state index contributed by atoms with van der Waals surface area (Å²) in [5, 5.41) is 3.89. The second-order valence-corrected chi connectivity index (χ2v) is 5.18. The van der Waals surface area contributed by atoms with Crippen molar-refractivity contribution in [3.05, 3.63) is 52.9 Å². The van der Waals surface area contributed by atoms with Gasteiger partial charge in [0, 0.05) is 30.7 Å². The van der Waals surface area contributed by atoms with Crippen molar-refractivity contribution in [2.24, 2.45) is 0 Å². The fraction of sp³-hybridized carbons (Fsp3) is 0.312. The predicted octanol–water partition coefficient (Wildman–Crippen LogP) is 3.22. The molecule has 2 aromatic rings. The lowest BCUT2D eigenvalue weighted by atomic mass is 10.2. The number of nitrogens with one attached hydrogen (secondary N) is 1. The smallest absolute Gasteiger partial charge is 0.272 e. The summed E-state index contributed by atoms with van der Waals surface area (Å²) in [6, 6.07) is 9.25. The van der Waals surface area contributed by atoms with Crippen LogP contribution in [0.3, 0.4) is 0 Å². The minimum absolute atomic E-state index is 0.0815. The number of amides is 1. The third-order valence-corrected chi connectivity index (χ3v) is 3.58. The molecule has 1 aromatic heterocycles. The van der Waals surface area contributed by atoms with E-state index in [1.807, 2.05) is 38.1 Å². The standard InChI is InChI=1S/C16H19ClN4O/c1-3-21(4-2)16(22)14-9-15(20-11-19-14)18-10-12-5-7-13(17)8-6-12/h5-9,11H,3-4,10H2,1-2H3,(H,18,19,20). The van der Waals surface area contributed by atoms with Crippen LogP contribution in [-0.2, 0) is 6.54 Å². The number of rotatable bonds is 6. The highest BCUT2D eigenvalue weighted by molar-refractivity contribution is 6.30. The van der Waals surface area contributed by atoms with Gasteiger partial charge in [0.15, 0.2) is 0 Å². The Labute approximate surface area is 135 Å². The van der Waals surface area contributed by atoms with E-state index >= 15 is 0 Å². The number of carbonyl (C=O) groups excluding carboxylic acids is 1. The number of carbonyl (C=O) groups is 1. The first-order chi connectivity index (χ1) is 10.6. The highest BCUT2D eigenvalue weighted by atomic mass is 35.5. The van der Waals surface area contributed by atoms with Crippen LogP contribution in [0.15, 0.2) is 36.7 Å². The topological polar surface area (TPSA) is 58.1 Å². The SMILES string of the molecule is CCN(CC)C(=O)c1cc(NCc2ccc(Cl)cc2)ncn1. The number of nitrogens with zero attached hydrogens (tertiary/aromatic N) is 3. The van der Waals surface area contributed by atoms with E-state index in [0.717, 1.165) is 5.56 Å². The molecule has 1 heterocycles. The molecule has 0 aliphatic heterocycles. The molecule has 0 saturated heterocycles. The van der Waals surface area contributed by atoms with Crippen molar-refractivity contribution in [1.29, 1.82) is 0 Å². The van der Waals surface area contributed by atoms with Crippen LogP contribution >= 0.6 is 11.6 Å². The van der Waals surface area contributed by atoms with Crippen LogP contribution in [0.4, 0.5) is 5.82 Å². The number of halogens is 1. The van der Waals surface area contributed by atoms with E-state index in [9.17, 15) is 4.79 Å². The Morgan fingerprint density at radius 1 is 1.18 bits per heavy atom. The maximum Gasteiger partial charge on any atom is 0.272 e. The van der Waals surface area contributed by atoms with Gasteiger partial charge in [-0.25, -0.2) is 9.97 Å². The Hall–Kier alpha value is -2.14. The largest absolute Gasteiger partial charge is 0.366 e. The molecule has 6 heteroatoms. The van der Waals surface area contributed by atoms with E-state index in [2.05, 4.69) is 15.3 Å². The molecular weight excluding hydrogens is 300 g/mol. The molecule has 2 rings (SSSR count). The molecule has 1 amide bonds. The molecule has 0 aliphatic rings. The van der Waals surface area contributed by atoms with Crippen LogP contribution < -0.4 is 5.32 Å². The average Bonchev–Trinajstić information content (AvgIpc) is 2.55. The summed E-state index contributed by atoms with van der Waals surface area (Å²) in [5.41, 5.74) is 1.48. The molecule has 0 atom stereocenters. The van der Waals surface area contributed by atoms with Crippen LogP contribution in [0.5, 0.6) is 0 Å². The fourth-order valence-electron chi connectivity index (χ4n) is 2.04. The maximum atomic E-state index is 12.3.